The van der Waals surface area contributed by atoms with Gasteiger partial charge in [0.2, 0.25) is 0 Å². The average Bonchev–Trinajstić information content (AvgIpc) is 2.45. The highest BCUT2D eigenvalue weighted by Crippen LogP contribution is 2.11. The molecule has 0 aliphatic heterocycles. The van der Waals surface area contributed by atoms with Crippen LogP contribution in [0, 0.1) is 18.3 Å². The Balaban J connectivity index is 2.21. The lowest BCUT2D eigenvalue weighted by atomic mass is 10.3. The summed E-state index contributed by atoms with van der Waals surface area (Å²) in [6.07, 6.45) is 1.45. The van der Waals surface area contributed by atoms with Gasteiger partial charge in [-0.05, 0) is 19.4 Å². The predicted molar refractivity (Wildman–Crippen MR) is 46.8 cm³/mol. The number of rotatable bonds is 4. The van der Waals surface area contributed by atoms with Gasteiger partial charge in [-0.3, -0.25) is 0 Å². The standard InChI is InChI=1S/C9H12N2O/c1-8-4-5-9(12-8)11-7-3-2-6-10/h4-5,11H,2-3,7H2,1H3. The molecule has 0 fully saturated rings. The molecule has 1 rings (SSSR count). The minimum absolute atomic E-state index is 0.590. The molecule has 0 atom stereocenters. The summed E-state index contributed by atoms with van der Waals surface area (Å²) >= 11 is 0. The van der Waals surface area contributed by atoms with Gasteiger partial charge >= 0.3 is 0 Å². The molecule has 3 heteroatoms. The molecule has 64 valence electrons. The van der Waals surface area contributed by atoms with Crippen molar-refractivity contribution in [1.29, 1.82) is 5.26 Å². The van der Waals surface area contributed by atoms with Gasteiger partial charge in [0.25, 0.3) is 0 Å². The van der Waals surface area contributed by atoms with Crippen LogP contribution in [0.3, 0.4) is 0 Å². The van der Waals surface area contributed by atoms with E-state index in [1.54, 1.807) is 0 Å². The van der Waals surface area contributed by atoms with Gasteiger partial charge in [-0.2, -0.15) is 5.26 Å². The minimum atomic E-state index is 0.590. The fraction of sp³-hybridized carbons (Fsp3) is 0.444. The highest BCUT2D eigenvalue weighted by molar-refractivity contribution is 5.31. The van der Waals surface area contributed by atoms with Crippen molar-refractivity contribution in [2.45, 2.75) is 19.8 Å². The van der Waals surface area contributed by atoms with Crippen molar-refractivity contribution in [2.24, 2.45) is 0 Å². The molecule has 12 heavy (non-hydrogen) atoms. The van der Waals surface area contributed by atoms with Crippen LogP contribution in [0.4, 0.5) is 5.88 Å². The molecule has 0 amide bonds. The lowest BCUT2D eigenvalue weighted by Gasteiger charge is -1.98. The third-order valence-corrected chi connectivity index (χ3v) is 1.50. The maximum Gasteiger partial charge on any atom is 0.193 e. The van der Waals surface area contributed by atoms with Crippen LogP contribution in [0.2, 0.25) is 0 Å². The zero-order chi connectivity index (χ0) is 8.81. The molecule has 1 aromatic heterocycles. The Kier molecular flexibility index (Phi) is 3.21. The van der Waals surface area contributed by atoms with Crippen LogP contribution in [0.15, 0.2) is 16.5 Å². The van der Waals surface area contributed by atoms with E-state index in [0.29, 0.717) is 6.42 Å². The number of hydrogen-bond donors (Lipinski definition) is 1. The molecule has 0 saturated heterocycles. The summed E-state index contributed by atoms with van der Waals surface area (Å²) in [5.74, 6) is 1.68. The number of hydrogen-bond acceptors (Lipinski definition) is 3. The third kappa shape index (κ3) is 2.67. The first-order valence-electron chi connectivity index (χ1n) is 4.00. The predicted octanol–water partition coefficient (Wildman–Crippen LogP) is 2.30. The lowest BCUT2D eigenvalue weighted by molar-refractivity contribution is 0.545. The lowest BCUT2D eigenvalue weighted by Crippen LogP contribution is -1.99. The van der Waals surface area contributed by atoms with Crippen molar-refractivity contribution < 1.29 is 4.42 Å². The maximum atomic E-state index is 8.27. The number of anilines is 1. The van der Waals surface area contributed by atoms with E-state index in [0.717, 1.165) is 24.6 Å². The van der Waals surface area contributed by atoms with Crippen molar-refractivity contribution in [2.75, 3.05) is 11.9 Å². The molecule has 0 spiro atoms. The Morgan fingerprint density at radius 3 is 3.00 bits per heavy atom. The van der Waals surface area contributed by atoms with Crippen molar-refractivity contribution in [3.05, 3.63) is 17.9 Å². The fourth-order valence-electron chi connectivity index (χ4n) is 0.909. The normalized spacial score (nSPS) is 9.33. The summed E-state index contributed by atoms with van der Waals surface area (Å²) < 4.78 is 5.27. The van der Waals surface area contributed by atoms with E-state index in [4.69, 9.17) is 9.68 Å². The molecule has 1 heterocycles. The molecule has 1 aromatic rings. The Hall–Kier alpha value is -1.43. The molecule has 0 aromatic carbocycles. The largest absolute Gasteiger partial charge is 0.446 e. The van der Waals surface area contributed by atoms with Crippen molar-refractivity contribution >= 4 is 5.88 Å². The number of nitrogens with one attached hydrogen (secondary N) is 1. The summed E-state index contributed by atoms with van der Waals surface area (Å²) in [6.45, 7) is 2.70. The van der Waals surface area contributed by atoms with Crippen molar-refractivity contribution in [3.63, 3.8) is 0 Å². The molecule has 0 bridgehead atoms. The minimum Gasteiger partial charge on any atom is -0.446 e. The topological polar surface area (TPSA) is 49.0 Å². The summed E-state index contributed by atoms with van der Waals surface area (Å²) in [7, 11) is 0. The quantitative estimate of drug-likeness (QED) is 0.694. The van der Waals surface area contributed by atoms with E-state index in [9.17, 15) is 0 Å². The van der Waals surface area contributed by atoms with Gasteiger partial charge in [-0.25, -0.2) is 0 Å². The molecule has 0 saturated carbocycles. The second kappa shape index (κ2) is 4.45. The number of aryl methyl sites for hydroxylation is 1. The number of nitriles is 1. The Morgan fingerprint density at radius 1 is 1.58 bits per heavy atom. The first-order chi connectivity index (χ1) is 5.83. The van der Waals surface area contributed by atoms with E-state index in [2.05, 4.69) is 11.4 Å². The van der Waals surface area contributed by atoms with Crippen LogP contribution in [-0.2, 0) is 0 Å². The van der Waals surface area contributed by atoms with Crippen molar-refractivity contribution in [3.8, 4) is 6.07 Å². The zero-order valence-corrected chi connectivity index (χ0v) is 7.13. The van der Waals surface area contributed by atoms with Crippen molar-refractivity contribution in [1.82, 2.24) is 0 Å². The highest BCUT2D eigenvalue weighted by atomic mass is 16.4. The number of nitrogens with zero attached hydrogens (tertiary/aromatic N) is 1. The summed E-state index contributed by atoms with van der Waals surface area (Å²) in [5, 5.41) is 11.3. The number of unbranched alkanes of at least 4 members (excludes halogenated alkanes) is 1. The second-order valence-corrected chi connectivity index (χ2v) is 2.60. The van der Waals surface area contributed by atoms with E-state index in [1.807, 2.05) is 19.1 Å². The zero-order valence-electron chi connectivity index (χ0n) is 7.13. The highest BCUT2D eigenvalue weighted by Gasteiger charge is 1.95. The van der Waals surface area contributed by atoms with Gasteiger partial charge in [0.1, 0.15) is 5.76 Å². The second-order valence-electron chi connectivity index (χ2n) is 2.60. The fourth-order valence-corrected chi connectivity index (χ4v) is 0.909. The molecular weight excluding hydrogens is 152 g/mol. The SMILES string of the molecule is Cc1ccc(NCCCC#N)o1. The molecular formula is C9H12N2O. The molecule has 0 aliphatic rings. The molecule has 0 aliphatic carbocycles. The monoisotopic (exact) mass is 164 g/mol. The third-order valence-electron chi connectivity index (χ3n) is 1.50. The first-order valence-corrected chi connectivity index (χ1v) is 4.00. The van der Waals surface area contributed by atoms with Gasteiger partial charge < -0.3 is 9.73 Å². The smallest absolute Gasteiger partial charge is 0.193 e. The van der Waals surface area contributed by atoms with Crippen LogP contribution >= 0.6 is 0 Å². The van der Waals surface area contributed by atoms with E-state index >= 15 is 0 Å². The van der Waals surface area contributed by atoms with Gasteiger partial charge in [0.15, 0.2) is 5.88 Å². The van der Waals surface area contributed by atoms with Crippen LogP contribution in [0.25, 0.3) is 0 Å². The number of furan rings is 1. The van der Waals surface area contributed by atoms with Gasteiger partial charge in [0.05, 0.1) is 6.07 Å². The Labute approximate surface area is 72.0 Å². The molecule has 3 nitrogen and oxygen atoms in total. The molecule has 1 N–H and O–H groups in total. The van der Waals surface area contributed by atoms with Gasteiger partial charge in [-0.15, -0.1) is 0 Å². The Morgan fingerprint density at radius 2 is 2.42 bits per heavy atom. The summed E-state index contributed by atoms with van der Waals surface area (Å²) in [5.41, 5.74) is 0. The van der Waals surface area contributed by atoms with E-state index in [-0.39, 0.29) is 0 Å². The van der Waals surface area contributed by atoms with Gasteiger partial charge in [0, 0.05) is 19.0 Å². The van der Waals surface area contributed by atoms with Gasteiger partial charge in [-0.1, -0.05) is 0 Å². The summed E-state index contributed by atoms with van der Waals surface area (Å²) in [6, 6.07) is 5.89. The van der Waals surface area contributed by atoms with Crippen LogP contribution in [0.1, 0.15) is 18.6 Å². The molecule has 0 unspecified atom stereocenters. The Bertz CT molecular complexity index is 272. The van der Waals surface area contributed by atoms with Crippen LogP contribution in [-0.4, -0.2) is 6.54 Å². The van der Waals surface area contributed by atoms with Crippen LogP contribution in [0.5, 0.6) is 0 Å². The molecule has 0 radical (unpaired) electrons. The average molecular weight is 164 g/mol. The van der Waals surface area contributed by atoms with E-state index in [1.165, 1.54) is 0 Å². The van der Waals surface area contributed by atoms with E-state index < -0.39 is 0 Å². The van der Waals surface area contributed by atoms with Crippen LogP contribution < -0.4 is 5.32 Å². The maximum absolute atomic E-state index is 8.27. The summed E-state index contributed by atoms with van der Waals surface area (Å²) in [4.78, 5) is 0. The first kappa shape index (κ1) is 8.66.